The lowest BCUT2D eigenvalue weighted by Gasteiger charge is -2.05. The van der Waals surface area contributed by atoms with Crippen LogP contribution >= 0.6 is 0 Å². The summed E-state index contributed by atoms with van der Waals surface area (Å²) in [6, 6.07) is 8.40. The zero-order chi connectivity index (χ0) is 13.2. The van der Waals surface area contributed by atoms with Crippen molar-refractivity contribution in [3.05, 3.63) is 59.4 Å². The van der Waals surface area contributed by atoms with Crippen LogP contribution in [0.25, 0.3) is 0 Å². The Balaban J connectivity index is 1.83. The Hall–Kier alpha value is -2.69. The van der Waals surface area contributed by atoms with Crippen LogP contribution in [0, 0.1) is 0 Å². The normalized spacial score (nSPS) is 12.7. The maximum Gasteiger partial charge on any atom is 0.338 e. The highest BCUT2D eigenvalue weighted by Gasteiger charge is 2.21. The molecule has 2 aromatic rings. The van der Waals surface area contributed by atoms with Gasteiger partial charge in [-0.3, -0.25) is 9.78 Å². The SMILES string of the molecule is O=C(Nc1ccc2c(c1)C(=O)OC2)c1ccncc1. The molecular weight excluding hydrogens is 244 g/mol. The Morgan fingerprint density at radius 1 is 1.21 bits per heavy atom. The van der Waals surface area contributed by atoms with E-state index in [0.717, 1.165) is 5.56 Å². The molecule has 0 unspecified atom stereocenters. The number of carbonyl (C=O) groups excluding carboxylic acids is 2. The molecule has 0 aliphatic carbocycles. The molecule has 0 spiro atoms. The zero-order valence-corrected chi connectivity index (χ0v) is 9.92. The standard InChI is InChI=1S/C14H10N2O3/c17-13(9-3-5-15-6-4-9)16-11-2-1-10-8-19-14(18)12(10)7-11/h1-7H,8H2,(H,16,17). The van der Waals surface area contributed by atoms with E-state index >= 15 is 0 Å². The van der Waals surface area contributed by atoms with E-state index in [2.05, 4.69) is 10.3 Å². The van der Waals surface area contributed by atoms with E-state index < -0.39 is 0 Å². The quantitative estimate of drug-likeness (QED) is 0.832. The van der Waals surface area contributed by atoms with Gasteiger partial charge >= 0.3 is 5.97 Å². The number of nitrogens with zero attached hydrogens (tertiary/aromatic N) is 1. The molecule has 1 aliphatic rings. The highest BCUT2D eigenvalue weighted by atomic mass is 16.5. The van der Waals surface area contributed by atoms with Crippen molar-refractivity contribution in [3.63, 3.8) is 0 Å². The molecule has 0 saturated carbocycles. The maximum atomic E-state index is 11.9. The van der Waals surface area contributed by atoms with Crippen molar-refractivity contribution in [1.29, 1.82) is 0 Å². The Bertz CT molecular complexity index is 653. The average Bonchev–Trinajstić information content (AvgIpc) is 2.81. The van der Waals surface area contributed by atoms with Gasteiger partial charge in [0.05, 0.1) is 5.56 Å². The number of aromatic nitrogens is 1. The minimum atomic E-state index is -0.352. The summed E-state index contributed by atoms with van der Waals surface area (Å²) in [5.74, 6) is -0.594. The third-order valence-corrected chi connectivity index (χ3v) is 2.89. The number of anilines is 1. The number of ether oxygens (including phenoxy) is 1. The fraction of sp³-hybridized carbons (Fsp3) is 0.0714. The van der Waals surface area contributed by atoms with Crippen LogP contribution in [0.4, 0.5) is 5.69 Å². The number of amides is 1. The minimum Gasteiger partial charge on any atom is -0.457 e. The molecule has 1 aliphatic heterocycles. The lowest BCUT2D eigenvalue weighted by Crippen LogP contribution is -2.12. The molecule has 1 N–H and O–H groups in total. The molecular formula is C14H10N2O3. The first-order chi connectivity index (χ1) is 9.24. The zero-order valence-electron chi connectivity index (χ0n) is 9.92. The molecule has 3 rings (SSSR count). The van der Waals surface area contributed by atoms with Gasteiger partial charge in [0.1, 0.15) is 6.61 Å². The summed E-state index contributed by atoms with van der Waals surface area (Å²) in [5.41, 5.74) is 2.43. The number of carbonyl (C=O) groups is 2. The van der Waals surface area contributed by atoms with E-state index in [4.69, 9.17) is 4.74 Å². The summed E-state index contributed by atoms with van der Waals surface area (Å²) in [4.78, 5) is 27.2. The molecule has 0 radical (unpaired) electrons. The van der Waals surface area contributed by atoms with Crippen LogP contribution in [0.1, 0.15) is 26.3 Å². The van der Waals surface area contributed by atoms with Crippen LogP contribution in [0.3, 0.4) is 0 Å². The van der Waals surface area contributed by atoms with Crippen LogP contribution in [-0.2, 0) is 11.3 Å². The summed E-state index contributed by atoms with van der Waals surface area (Å²) in [6.45, 7) is 0.298. The van der Waals surface area contributed by atoms with Gasteiger partial charge in [0, 0.05) is 29.2 Å². The predicted octanol–water partition coefficient (Wildman–Crippen LogP) is 2.00. The molecule has 0 atom stereocenters. The van der Waals surface area contributed by atoms with Crippen LogP contribution in [0.2, 0.25) is 0 Å². The Morgan fingerprint density at radius 3 is 2.79 bits per heavy atom. The topological polar surface area (TPSA) is 68.3 Å². The van der Waals surface area contributed by atoms with E-state index in [1.165, 1.54) is 0 Å². The number of hydrogen-bond acceptors (Lipinski definition) is 4. The van der Waals surface area contributed by atoms with Gasteiger partial charge in [-0.15, -0.1) is 0 Å². The number of nitrogens with one attached hydrogen (secondary N) is 1. The van der Waals surface area contributed by atoms with E-state index in [1.807, 2.05) is 0 Å². The predicted molar refractivity (Wildman–Crippen MR) is 67.8 cm³/mol. The van der Waals surface area contributed by atoms with E-state index in [-0.39, 0.29) is 11.9 Å². The van der Waals surface area contributed by atoms with Gasteiger partial charge in [-0.25, -0.2) is 4.79 Å². The number of rotatable bonds is 2. The van der Waals surface area contributed by atoms with E-state index in [0.29, 0.717) is 23.4 Å². The summed E-state index contributed by atoms with van der Waals surface area (Å²) in [7, 11) is 0. The number of esters is 1. The van der Waals surface area contributed by atoms with Gasteiger partial charge in [0.15, 0.2) is 0 Å². The van der Waals surface area contributed by atoms with Crippen LogP contribution in [-0.4, -0.2) is 16.9 Å². The molecule has 1 aromatic heterocycles. The second-order valence-electron chi connectivity index (χ2n) is 4.14. The largest absolute Gasteiger partial charge is 0.457 e. The van der Waals surface area contributed by atoms with Gasteiger partial charge in [0.2, 0.25) is 0 Å². The molecule has 0 fully saturated rings. The second kappa shape index (κ2) is 4.53. The van der Waals surface area contributed by atoms with Crippen LogP contribution < -0.4 is 5.32 Å². The average molecular weight is 254 g/mol. The summed E-state index contributed by atoms with van der Waals surface area (Å²) < 4.78 is 4.91. The highest BCUT2D eigenvalue weighted by Crippen LogP contribution is 2.23. The van der Waals surface area contributed by atoms with Crippen molar-refractivity contribution in [3.8, 4) is 0 Å². The van der Waals surface area contributed by atoms with Crippen LogP contribution in [0.15, 0.2) is 42.7 Å². The number of benzene rings is 1. The Labute approximate surface area is 109 Å². The molecule has 19 heavy (non-hydrogen) atoms. The first kappa shape index (κ1) is 11.4. The number of cyclic esters (lactones) is 1. The molecule has 0 saturated heterocycles. The van der Waals surface area contributed by atoms with E-state index in [9.17, 15) is 9.59 Å². The molecule has 94 valence electrons. The number of pyridine rings is 1. The van der Waals surface area contributed by atoms with Crippen molar-refractivity contribution in [2.45, 2.75) is 6.61 Å². The summed E-state index contributed by atoms with van der Waals surface area (Å²) >= 11 is 0. The molecule has 1 amide bonds. The lowest BCUT2D eigenvalue weighted by atomic mass is 10.1. The Kier molecular flexibility index (Phi) is 2.72. The van der Waals surface area contributed by atoms with Crippen molar-refractivity contribution in [2.24, 2.45) is 0 Å². The second-order valence-corrected chi connectivity index (χ2v) is 4.14. The van der Waals surface area contributed by atoms with Crippen molar-refractivity contribution >= 4 is 17.6 Å². The molecule has 2 heterocycles. The van der Waals surface area contributed by atoms with Gasteiger partial charge in [-0.05, 0) is 24.3 Å². The lowest BCUT2D eigenvalue weighted by molar-refractivity contribution is 0.0535. The summed E-state index contributed by atoms with van der Waals surface area (Å²) in [6.07, 6.45) is 3.10. The third-order valence-electron chi connectivity index (χ3n) is 2.89. The maximum absolute atomic E-state index is 11.9. The van der Waals surface area contributed by atoms with Crippen molar-refractivity contribution in [2.75, 3.05) is 5.32 Å². The smallest absolute Gasteiger partial charge is 0.338 e. The Morgan fingerprint density at radius 2 is 2.00 bits per heavy atom. The van der Waals surface area contributed by atoms with Gasteiger partial charge in [-0.2, -0.15) is 0 Å². The van der Waals surface area contributed by atoms with Crippen molar-refractivity contribution in [1.82, 2.24) is 4.98 Å². The fourth-order valence-corrected chi connectivity index (χ4v) is 1.90. The minimum absolute atomic E-state index is 0.242. The monoisotopic (exact) mass is 254 g/mol. The van der Waals surface area contributed by atoms with Gasteiger partial charge in [-0.1, -0.05) is 6.07 Å². The molecule has 1 aromatic carbocycles. The van der Waals surface area contributed by atoms with Gasteiger partial charge < -0.3 is 10.1 Å². The third kappa shape index (κ3) is 2.18. The highest BCUT2D eigenvalue weighted by molar-refractivity contribution is 6.05. The first-order valence-corrected chi connectivity index (χ1v) is 5.75. The van der Waals surface area contributed by atoms with Gasteiger partial charge in [0.25, 0.3) is 5.91 Å². The first-order valence-electron chi connectivity index (χ1n) is 5.75. The molecule has 0 bridgehead atoms. The molecule has 5 heteroatoms. The number of hydrogen-bond donors (Lipinski definition) is 1. The van der Waals surface area contributed by atoms with Crippen molar-refractivity contribution < 1.29 is 14.3 Å². The number of fused-ring (bicyclic) bond motifs is 1. The molecule has 5 nitrogen and oxygen atoms in total. The fourth-order valence-electron chi connectivity index (χ4n) is 1.90. The van der Waals surface area contributed by atoms with E-state index in [1.54, 1.807) is 42.7 Å². The summed E-state index contributed by atoms with van der Waals surface area (Å²) in [5, 5.41) is 2.73. The van der Waals surface area contributed by atoms with Crippen LogP contribution in [0.5, 0.6) is 0 Å².